The van der Waals surface area contributed by atoms with Crippen LogP contribution in [0.3, 0.4) is 0 Å². The van der Waals surface area contributed by atoms with Crippen LogP contribution in [0, 0.1) is 0 Å². The zero-order chi connectivity index (χ0) is 14.3. The number of amides is 1. The summed E-state index contributed by atoms with van der Waals surface area (Å²) in [6, 6.07) is 7.62. The van der Waals surface area contributed by atoms with Gasteiger partial charge in [-0.15, -0.1) is 0 Å². The first kappa shape index (κ1) is 12.4. The molecule has 102 valence electrons. The zero-order valence-corrected chi connectivity index (χ0v) is 10.9. The summed E-state index contributed by atoms with van der Waals surface area (Å²) in [5.74, 6) is -1.51. The molecule has 0 spiro atoms. The maximum Gasteiger partial charge on any atom is 0.339 e. The number of rotatable bonds is 2. The van der Waals surface area contributed by atoms with E-state index in [-0.39, 0.29) is 17.2 Å². The average Bonchev–Trinajstić information content (AvgIpc) is 3.01. The minimum atomic E-state index is -1.14. The highest BCUT2D eigenvalue weighted by atomic mass is 16.4. The molecule has 6 nitrogen and oxygen atoms in total. The summed E-state index contributed by atoms with van der Waals surface area (Å²) < 4.78 is 1.35. The van der Waals surface area contributed by atoms with Crippen molar-refractivity contribution in [3.8, 4) is 0 Å². The molecule has 0 radical (unpaired) electrons. The van der Waals surface area contributed by atoms with Crippen molar-refractivity contribution in [2.45, 2.75) is 6.42 Å². The third-order valence-electron chi connectivity index (χ3n) is 3.39. The van der Waals surface area contributed by atoms with Gasteiger partial charge in [0.1, 0.15) is 5.56 Å². The van der Waals surface area contributed by atoms with Gasteiger partial charge in [0.15, 0.2) is 5.69 Å². The van der Waals surface area contributed by atoms with Crippen molar-refractivity contribution >= 4 is 17.6 Å². The van der Waals surface area contributed by atoms with Crippen LogP contribution in [0.15, 0.2) is 30.5 Å². The lowest BCUT2D eigenvalue weighted by Gasteiger charge is -2.16. The SMILES string of the molecule is Cn1cc(C(=O)O)c(C(=O)N2CCc3ccccc32)n1. The van der Waals surface area contributed by atoms with Crippen molar-refractivity contribution in [3.63, 3.8) is 0 Å². The molecule has 0 atom stereocenters. The predicted octanol–water partition coefficient (Wildman–Crippen LogP) is 1.32. The summed E-state index contributed by atoms with van der Waals surface area (Å²) in [7, 11) is 1.60. The molecular formula is C14H13N3O3. The maximum atomic E-state index is 12.5. The summed E-state index contributed by atoms with van der Waals surface area (Å²) in [6.45, 7) is 0.549. The number of hydrogen-bond donors (Lipinski definition) is 1. The van der Waals surface area contributed by atoms with E-state index in [1.807, 2.05) is 24.3 Å². The Labute approximate surface area is 115 Å². The van der Waals surface area contributed by atoms with Crippen LogP contribution in [-0.4, -0.2) is 33.3 Å². The molecule has 0 fully saturated rings. The van der Waals surface area contributed by atoms with Crippen LogP contribution in [0.2, 0.25) is 0 Å². The number of carbonyl (C=O) groups is 2. The number of hydrogen-bond acceptors (Lipinski definition) is 3. The molecule has 0 unspecified atom stereocenters. The monoisotopic (exact) mass is 271 g/mol. The number of carboxylic acids is 1. The largest absolute Gasteiger partial charge is 0.478 e. The molecule has 1 N–H and O–H groups in total. The Morgan fingerprint density at radius 2 is 2.05 bits per heavy atom. The maximum absolute atomic E-state index is 12.5. The van der Waals surface area contributed by atoms with Crippen LogP contribution in [0.25, 0.3) is 0 Å². The third kappa shape index (κ3) is 1.85. The first-order valence-electron chi connectivity index (χ1n) is 6.24. The molecule has 1 amide bonds. The van der Waals surface area contributed by atoms with Crippen molar-refractivity contribution < 1.29 is 14.7 Å². The molecule has 0 saturated carbocycles. The van der Waals surface area contributed by atoms with E-state index in [9.17, 15) is 9.59 Å². The molecule has 0 aliphatic carbocycles. The molecule has 0 bridgehead atoms. The van der Waals surface area contributed by atoms with Crippen molar-refractivity contribution in [1.29, 1.82) is 0 Å². The number of anilines is 1. The molecule has 1 aromatic heterocycles. The lowest BCUT2D eigenvalue weighted by Crippen LogP contribution is -2.30. The van der Waals surface area contributed by atoms with Gasteiger partial charge in [0.2, 0.25) is 0 Å². The van der Waals surface area contributed by atoms with Gasteiger partial charge in [-0.1, -0.05) is 18.2 Å². The minimum Gasteiger partial charge on any atom is -0.478 e. The van der Waals surface area contributed by atoms with Crippen LogP contribution >= 0.6 is 0 Å². The highest BCUT2D eigenvalue weighted by Crippen LogP contribution is 2.29. The number of aromatic nitrogens is 2. The second-order valence-corrected chi connectivity index (χ2v) is 4.71. The van der Waals surface area contributed by atoms with E-state index < -0.39 is 5.97 Å². The summed E-state index contributed by atoms with van der Waals surface area (Å²) in [4.78, 5) is 25.3. The van der Waals surface area contributed by atoms with E-state index in [0.717, 1.165) is 17.7 Å². The van der Waals surface area contributed by atoms with Crippen molar-refractivity contribution in [2.75, 3.05) is 11.4 Å². The quantitative estimate of drug-likeness (QED) is 0.893. The zero-order valence-electron chi connectivity index (χ0n) is 10.9. The van der Waals surface area contributed by atoms with E-state index in [1.54, 1.807) is 11.9 Å². The number of para-hydroxylation sites is 1. The number of aromatic carboxylic acids is 1. The van der Waals surface area contributed by atoms with Gasteiger partial charge in [0, 0.05) is 25.5 Å². The molecule has 1 aliphatic rings. The van der Waals surface area contributed by atoms with Gasteiger partial charge in [-0.25, -0.2) is 4.79 Å². The van der Waals surface area contributed by atoms with Crippen LogP contribution in [-0.2, 0) is 13.5 Å². The second-order valence-electron chi connectivity index (χ2n) is 4.71. The number of carbonyl (C=O) groups excluding carboxylic acids is 1. The van der Waals surface area contributed by atoms with Crippen molar-refractivity contribution in [3.05, 3.63) is 47.3 Å². The molecule has 0 saturated heterocycles. The number of aryl methyl sites for hydroxylation is 1. The van der Waals surface area contributed by atoms with Gasteiger partial charge in [0.25, 0.3) is 5.91 Å². The van der Waals surface area contributed by atoms with Gasteiger partial charge in [-0.05, 0) is 18.1 Å². The summed E-state index contributed by atoms with van der Waals surface area (Å²) in [5, 5.41) is 13.1. The Morgan fingerprint density at radius 1 is 1.30 bits per heavy atom. The Bertz CT molecular complexity index is 705. The highest BCUT2D eigenvalue weighted by Gasteiger charge is 2.30. The number of benzene rings is 1. The summed E-state index contributed by atoms with van der Waals surface area (Å²) in [5.41, 5.74) is 1.84. The average molecular weight is 271 g/mol. The molecule has 2 aromatic rings. The Balaban J connectivity index is 2.01. The smallest absolute Gasteiger partial charge is 0.339 e. The first-order valence-corrected chi connectivity index (χ1v) is 6.24. The van der Waals surface area contributed by atoms with Gasteiger partial charge in [-0.2, -0.15) is 5.10 Å². The number of carboxylic acid groups (broad SMARTS) is 1. The molecule has 6 heteroatoms. The molecule has 2 heterocycles. The number of fused-ring (bicyclic) bond motifs is 1. The molecule has 1 aromatic carbocycles. The van der Waals surface area contributed by atoms with E-state index >= 15 is 0 Å². The van der Waals surface area contributed by atoms with E-state index in [4.69, 9.17) is 5.11 Å². The van der Waals surface area contributed by atoms with Gasteiger partial charge in [0.05, 0.1) is 0 Å². The molecular weight excluding hydrogens is 258 g/mol. The van der Waals surface area contributed by atoms with Gasteiger partial charge in [-0.3, -0.25) is 9.48 Å². The van der Waals surface area contributed by atoms with E-state index in [2.05, 4.69) is 5.10 Å². The minimum absolute atomic E-state index is 0.0169. The van der Waals surface area contributed by atoms with Gasteiger partial charge >= 0.3 is 5.97 Å². The molecule has 1 aliphatic heterocycles. The standard InChI is InChI=1S/C14H13N3O3/c1-16-8-10(14(19)20)12(15-16)13(18)17-7-6-9-4-2-3-5-11(9)17/h2-5,8H,6-7H2,1H3,(H,19,20). The summed E-state index contributed by atoms with van der Waals surface area (Å²) in [6.07, 6.45) is 2.12. The van der Waals surface area contributed by atoms with Crippen molar-refractivity contribution in [1.82, 2.24) is 9.78 Å². The van der Waals surface area contributed by atoms with E-state index in [0.29, 0.717) is 6.54 Å². The van der Waals surface area contributed by atoms with E-state index in [1.165, 1.54) is 10.9 Å². The Kier molecular flexibility index (Phi) is 2.78. The normalized spacial score (nSPS) is 13.3. The number of nitrogens with zero attached hydrogens (tertiary/aromatic N) is 3. The predicted molar refractivity (Wildman–Crippen MR) is 72.0 cm³/mol. The van der Waals surface area contributed by atoms with Crippen LogP contribution in [0.4, 0.5) is 5.69 Å². The lowest BCUT2D eigenvalue weighted by molar-refractivity contribution is 0.0692. The second kappa shape index (κ2) is 4.48. The van der Waals surface area contributed by atoms with Crippen LogP contribution < -0.4 is 4.90 Å². The van der Waals surface area contributed by atoms with Crippen LogP contribution in [0.1, 0.15) is 26.4 Å². The fraction of sp³-hybridized carbons (Fsp3) is 0.214. The Hall–Kier alpha value is -2.63. The fourth-order valence-electron chi connectivity index (χ4n) is 2.48. The first-order chi connectivity index (χ1) is 9.58. The Morgan fingerprint density at radius 3 is 2.80 bits per heavy atom. The molecule has 20 heavy (non-hydrogen) atoms. The lowest BCUT2D eigenvalue weighted by atomic mass is 10.2. The fourth-order valence-corrected chi connectivity index (χ4v) is 2.48. The topological polar surface area (TPSA) is 75.4 Å². The summed E-state index contributed by atoms with van der Waals surface area (Å²) >= 11 is 0. The van der Waals surface area contributed by atoms with Crippen molar-refractivity contribution in [2.24, 2.45) is 7.05 Å². The van der Waals surface area contributed by atoms with Gasteiger partial charge < -0.3 is 10.0 Å². The third-order valence-corrected chi connectivity index (χ3v) is 3.39. The molecule has 3 rings (SSSR count). The highest BCUT2D eigenvalue weighted by molar-refractivity contribution is 6.11. The van der Waals surface area contributed by atoms with Crippen LogP contribution in [0.5, 0.6) is 0 Å².